The van der Waals surface area contributed by atoms with Gasteiger partial charge in [0.05, 0.1) is 11.2 Å². The number of carbonyl (C=O) groups excluding carboxylic acids is 1. The molecule has 6 rings (SSSR count). The number of aryl methyl sites for hydroxylation is 1. The van der Waals surface area contributed by atoms with Crippen molar-refractivity contribution in [3.63, 3.8) is 0 Å². The van der Waals surface area contributed by atoms with E-state index in [2.05, 4.69) is 55.1 Å². The molecule has 2 aromatic carbocycles. The van der Waals surface area contributed by atoms with E-state index in [0.717, 1.165) is 69.8 Å². The van der Waals surface area contributed by atoms with Crippen molar-refractivity contribution in [3.8, 4) is 28.1 Å². The molecule has 210 valence electrons. The van der Waals surface area contributed by atoms with Crippen molar-refractivity contribution < 1.29 is 9.53 Å². The van der Waals surface area contributed by atoms with Crippen LogP contribution in [-0.4, -0.2) is 63.6 Å². The number of benzene rings is 2. The fraction of sp³-hybridized carbons (Fsp3) is 0.324. The lowest BCUT2D eigenvalue weighted by Gasteiger charge is -2.44. The van der Waals surface area contributed by atoms with Gasteiger partial charge in [-0.15, -0.1) is 0 Å². The molecular formula is C34H36N4O3. The average molecular weight is 549 g/mol. The maximum Gasteiger partial charge on any atom is 0.254 e. The highest BCUT2D eigenvalue weighted by molar-refractivity contribution is 5.87. The Hall–Kier alpha value is -4.23. The second-order valence-electron chi connectivity index (χ2n) is 11.3. The molecule has 0 N–H and O–H groups in total. The van der Waals surface area contributed by atoms with Crippen LogP contribution in [0.2, 0.25) is 0 Å². The molecule has 0 radical (unpaired) electrons. The predicted octanol–water partition coefficient (Wildman–Crippen LogP) is 5.16. The lowest BCUT2D eigenvalue weighted by Crippen LogP contribution is -2.58. The number of amides is 1. The van der Waals surface area contributed by atoms with Gasteiger partial charge in [0.25, 0.3) is 5.56 Å². The Morgan fingerprint density at radius 1 is 1.00 bits per heavy atom. The minimum atomic E-state index is 0.0593. The number of rotatable bonds is 6. The van der Waals surface area contributed by atoms with E-state index in [1.165, 1.54) is 0 Å². The van der Waals surface area contributed by atoms with E-state index in [0.29, 0.717) is 25.1 Å². The number of nitrogens with zero attached hydrogens (tertiary/aromatic N) is 4. The van der Waals surface area contributed by atoms with Crippen molar-refractivity contribution in [3.05, 3.63) is 88.4 Å². The Kier molecular flexibility index (Phi) is 7.22. The Bertz CT molecular complexity index is 1690. The van der Waals surface area contributed by atoms with E-state index < -0.39 is 0 Å². The van der Waals surface area contributed by atoms with Gasteiger partial charge >= 0.3 is 0 Å². The first-order chi connectivity index (χ1) is 19.8. The van der Waals surface area contributed by atoms with Gasteiger partial charge in [-0.3, -0.25) is 14.5 Å². The summed E-state index contributed by atoms with van der Waals surface area (Å²) in [5.41, 5.74) is 6.90. The molecule has 1 aliphatic heterocycles. The van der Waals surface area contributed by atoms with Crippen LogP contribution in [0.25, 0.3) is 39.4 Å². The molecule has 7 heteroatoms. The lowest BCUT2D eigenvalue weighted by atomic mass is 10.0. The van der Waals surface area contributed by atoms with Crippen LogP contribution in [0.4, 0.5) is 0 Å². The van der Waals surface area contributed by atoms with Gasteiger partial charge in [0.1, 0.15) is 12.4 Å². The Morgan fingerprint density at radius 2 is 1.73 bits per heavy atom. The number of aromatic nitrogens is 2. The third-order valence-corrected chi connectivity index (χ3v) is 8.44. The quantitative estimate of drug-likeness (QED) is 0.333. The summed E-state index contributed by atoms with van der Waals surface area (Å²) in [4.78, 5) is 33.6. The zero-order valence-corrected chi connectivity index (χ0v) is 24.1. The van der Waals surface area contributed by atoms with Gasteiger partial charge in [0.2, 0.25) is 5.91 Å². The molecule has 41 heavy (non-hydrogen) atoms. The fourth-order valence-electron chi connectivity index (χ4n) is 6.22. The predicted molar refractivity (Wildman–Crippen MR) is 164 cm³/mol. The summed E-state index contributed by atoms with van der Waals surface area (Å²) < 4.78 is 7.74. The van der Waals surface area contributed by atoms with Crippen molar-refractivity contribution in [1.29, 1.82) is 0 Å². The Balaban J connectivity index is 1.13. The van der Waals surface area contributed by atoms with Crippen molar-refractivity contribution in [2.24, 2.45) is 7.05 Å². The molecule has 0 unspecified atom stereocenters. The number of carbonyl (C=O) groups is 1. The number of hydrogen-bond donors (Lipinski definition) is 0. The van der Waals surface area contributed by atoms with E-state index in [9.17, 15) is 9.59 Å². The second-order valence-corrected chi connectivity index (χ2v) is 11.3. The summed E-state index contributed by atoms with van der Waals surface area (Å²) >= 11 is 0. The van der Waals surface area contributed by atoms with Crippen molar-refractivity contribution >= 4 is 22.9 Å². The van der Waals surface area contributed by atoms with Crippen LogP contribution in [-0.2, 0) is 18.3 Å². The van der Waals surface area contributed by atoms with Crippen LogP contribution >= 0.6 is 0 Å². The average Bonchev–Trinajstić information content (AvgIpc) is 3.46. The summed E-state index contributed by atoms with van der Waals surface area (Å²) in [6.45, 7) is 8.96. The van der Waals surface area contributed by atoms with Gasteiger partial charge < -0.3 is 14.2 Å². The molecule has 7 nitrogen and oxygen atoms in total. The van der Waals surface area contributed by atoms with Crippen molar-refractivity contribution in [2.45, 2.75) is 39.3 Å². The third kappa shape index (κ3) is 5.30. The fourth-order valence-corrected chi connectivity index (χ4v) is 6.22. The standard InChI is InChI=1S/C34H36N4O3/c1-22-19-37(24(3)39)20-23(2)38(22)16-17-41-28-12-8-25(9-13-28)26-10-14-32-27(18-26)11-15-33(35-32)31-21-36(4)34(40)30-7-5-6-29(30)31/h5-6,8-15,18,21-23H,7,16-17,19-20H2,1-4H3/t22-,23+. The zero-order chi connectivity index (χ0) is 28.7. The Morgan fingerprint density at radius 3 is 2.46 bits per heavy atom. The first-order valence-electron chi connectivity index (χ1n) is 14.3. The highest BCUT2D eigenvalue weighted by Gasteiger charge is 2.30. The molecule has 0 saturated carbocycles. The summed E-state index contributed by atoms with van der Waals surface area (Å²) in [6.07, 6.45) is 6.64. The maximum atomic E-state index is 12.5. The van der Waals surface area contributed by atoms with Crippen LogP contribution in [0.15, 0.2) is 71.7 Å². The second kappa shape index (κ2) is 11.0. The largest absolute Gasteiger partial charge is 0.492 e. The maximum absolute atomic E-state index is 12.5. The number of piperazine rings is 1. The molecule has 3 heterocycles. The van der Waals surface area contributed by atoms with E-state index in [1.807, 2.05) is 41.4 Å². The summed E-state index contributed by atoms with van der Waals surface area (Å²) in [7, 11) is 1.80. The highest BCUT2D eigenvalue weighted by atomic mass is 16.5. The third-order valence-electron chi connectivity index (χ3n) is 8.44. The Labute approximate surface area is 240 Å². The molecule has 2 aliphatic rings. The first-order valence-corrected chi connectivity index (χ1v) is 14.3. The first kappa shape index (κ1) is 27.0. The van der Waals surface area contributed by atoms with E-state index in [1.54, 1.807) is 18.5 Å². The molecule has 1 aliphatic carbocycles. The van der Waals surface area contributed by atoms with Crippen LogP contribution in [0.3, 0.4) is 0 Å². The number of fused-ring (bicyclic) bond motifs is 2. The van der Waals surface area contributed by atoms with Gasteiger partial charge in [-0.25, -0.2) is 4.98 Å². The number of ether oxygens (including phenoxy) is 1. The van der Waals surface area contributed by atoms with E-state index in [-0.39, 0.29) is 11.5 Å². The van der Waals surface area contributed by atoms with Crippen LogP contribution in [0.1, 0.15) is 31.9 Å². The van der Waals surface area contributed by atoms with Crippen molar-refractivity contribution in [2.75, 3.05) is 26.2 Å². The normalized spacial score (nSPS) is 18.6. The number of hydrogen-bond acceptors (Lipinski definition) is 5. The minimum absolute atomic E-state index is 0.0593. The van der Waals surface area contributed by atoms with Gasteiger partial charge in [-0.05, 0) is 67.3 Å². The number of allylic oxidation sites excluding steroid dienone is 1. The monoisotopic (exact) mass is 548 g/mol. The minimum Gasteiger partial charge on any atom is -0.492 e. The summed E-state index contributed by atoms with van der Waals surface area (Å²) in [5, 5.41) is 1.07. The molecule has 1 fully saturated rings. The van der Waals surface area contributed by atoms with Gasteiger partial charge in [-0.2, -0.15) is 0 Å². The van der Waals surface area contributed by atoms with E-state index in [4.69, 9.17) is 9.72 Å². The van der Waals surface area contributed by atoms with Gasteiger partial charge in [0, 0.05) is 68.4 Å². The van der Waals surface area contributed by atoms with Crippen LogP contribution in [0.5, 0.6) is 5.75 Å². The number of pyridine rings is 2. The zero-order valence-electron chi connectivity index (χ0n) is 24.1. The smallest absolute Gasteiger partial charge is 0.254 e. The van der Waals surface area contributed by atoms with Crippen molar-refractivity contribution in [1.82, 2.24) is 19.4 Å². The molecule has 2 aromatic heterocycles. The lowest BCUT2D eigenvalue weighted by molar-refractivity contribution is -0.133. The summed E-state index contributed by atoms with van der Waals surface area (Å²) in [6, 6.07) is 19.3. The molecule has 2 atom stereocenters. The molecule has 0 spiro atoms. The van der Waals surface area contributed by atoms with E-state index >= 15 is 0 Å². The topological polar surface area (TPSA) is 67.7 Å². The SMILES string of the molecule is CC(=O)N1C[C@@H](C)N(CCOc2ccc(-c3ccc4nc(-c5cn(C)c(=O)c6c5C=CC6)ccc4c3)cc2)[C@@H](C)C1. The highest BCUT2D eigenvalue weighted by Crippen LogP contribution is 2.31. The molecule has 1 saturated heterocycles. The molecule has 4 aromatic rings. The van der Waals surface area contributed by atoms with Gasteiger partial charge in [-0.1, -0.05) is 36.4 Å². The van der Waals surface area contributed by atoms with Gasteiger partial charge in [0.15, 0.2) is 0 Å². The summed E-state index contributed by atoms with van der Waals surface area (Å²) in [5.74, 6) is 0.997. The van der Waals surface area contributed by atoms with Crippen LogP contribution in [0, 0.1) is 0 Å². The molecule has 1 amide bonds. The molecular weight excluding hydrogens is 512 g/mol. The molecule has 0 bridgehead atoms. The van der Waals surface area contributed by atoms with Crippen LogP contribution < -0.4 is 10.3 Å².